The second kappa shape index (κ2) is 7.97. The smallest absolute Gasteiger partial charge is 0.226 e. The van der Waals surface area contributed by atoms with Crippen LogP contribution in [0.3, 0.4) is 0 Å². The van der Waals surface area contributed by atoms with Crippen molar-refractivity contribution in [2.45, 2.75) is 57.7 Å². The zero-order chi connectivity index (χ0) is 19.7. The summed E-state index contributed by atoms with van der Waals surface area (Å²) >= 11 is 6.15. The zero-order valence-corrected chi connectivity index (χ0v) is 17.1. The molecule has 2 atom stereocenters. The Morgan fingerprint density at radius 1 is 1.18 bits per heavy atom. The van der Waals surface area contributed by atoms with E-state index in [4.69, 9.17) is 27.3 Å². The minimum atomic E-state index is 0.134. The number of rotatable bonds is 5. The fraction of sp³-hybridized carbons (Fsp3) is 0.429. The van der Waals surface area contributed by atoms with Crippen LogP contribution in [0.15, 0.2) is 36.5 Å². The summed E-state index contributed by atoms with van der Waals surface area (Å²) in [5, 5.41) is 8.56. The fourth-order valence-electron chi connectivity index (χ4n) is 3.82. The molecule has 1 aliphatic carbocycles. The maximum absolute atomic E-state index is 6.32. The lowest BCUT2D eigenvalue weighted by Gasteiger charge is -2.29. The van der Waals surface area contributed by atoms with E-state index >= 15 is 0 Å². The normalized spacial score (nSPS) is 19.9. The molecule has 4 N–H and O–H groups in total. The van der Waals surface area contributed by atoms with Gasteiger partial charge in [-0.2, -0.15) is 9.97 Å². The molecule has 1 aromatic carbocycles. The van der Waals surface area contributed by atoms with E-state index in [0.29, 0.717) is 17.0 Å². The zero-order valence-electron chi connectivity index (χ0n) is 16.3. The van der Waals surface area contributed by atoms with Crippen LogP contribution in [0.2, 0.25) is 5.02 Å². The summed E-state index contributed by atoms with van der Waals surface area (Å²) < 4.78 is 2.16. The molecule has 0 spiro atoms. The Morgan fingerprint density at radius 3 is 2.75 bits per heavy atom. The number of nitrogens with two attached hydrogens (primary N) is 1. The Morgan fingerprint density at radius 2 is 2.00 bits per heavy atom. The monoisotopic (exact) mass is 398 g/mol. The third-order valence-corrected chi connectivity index (χ3v) is 5.58. The quantitative estimate of drug-likeness (QED) is 0.557. The first-order valence-corrected chi connectivity index (χ1v) is 10.3. The number of hydrogen-bond acceptors (Lipinski definition) is 5. The molecular weight excluding hydrogens is 372 g/mol. The van der Waals surface area contributed by atoms with Gasteiger partial charge in [-0.1, -0.05) is 30.5 Å². The lowest BCUT2D eigenvalue weighted by molar-refractivity contribution is 0.402. The van der Waals surface area contributed by atoms with Gasteiger partial charge in [0.2, 0.25) is 5.95 Å². The van der Waals surface area contributed by atoms with Crippen molar-refractivity contribution >= 4 is 40.1 Å². The van der Waals surface area contributed by atoms with Crippen LogP contribution in [0.1, 0.15) is 45.6 Å². The van der Waals surface area contributed by atoms with Crippen molar-refractivity contribution in [1.82, 2.24) is 14.5 Å². The summed E-state index contributed by atoms with van der Waals surface area (Å²) in [6.07, 6.45) is 6.52. The maximum Gasteiger partial charge on any atom is 0.226 e. The first-order valence-electron chi connectivity index (χ1n) is 9.94. The number of nitrogens with one attached hydrogen (secondary N) is 2. The molecule has 148 valence electrons. The van der Waals surface area contributed by atoms with Gasteiger partial charge < -0.3 is 20.9 Å². The van der Waals surface area contributed by atoms with E-state index in [2.05, 4.69) is 41.3 Å². The highest BCUT2D eigenvalue weighted by Gasteiger charge is 2.23. The van der Waals surface area contributed by atoms with Crippen molar-refractivity contribution in [1.29, 1.82) is 0 Å². The topological polar surface area (TPSA) is 80.8 Å². The van der Waals surface area contributed by atoms with E-state index < -0.39 is 0 Å². The summed E-state index contributed by atoms with van der Waals surface area (Å²) in [5.74, 6) is 1.37. The third kappa shape index (κ3) is 3.93. The van der Waals surface area contributed by atoms with Crippen molar-refractivity contribution in [3.63, 3.8) is 0 Å². The number of fused-ring (bicyclic) bond motifs is 1. The lowest BCUT2D eigenvalue weighted by Crippen LogP contribution is -2.43. The molecule has 4 rings (SSSR count). The Bertz CT molecular complexity index is 967. The van der Waals surface area contributed by atoms with E-state index in [1.807, 2.05) is 24.3 Å². The molecule has 0 bridgehead atoms. The van der Waals surface area contributed by atoms with Crippen molar-refractivity contribution in [2.75, 3.05) is 10.6 Å². The molecule has 0 radical (unpaired) electrons. The molecule has 0 saturated heterocycles. The lowest BCUT2D eigenvalue weighted by atomic mass is 9.91. The van der Waals surface area contributed by atoms with Gasteiger partial charge in [0.25, 0.3) is 0 Å². The Hall–Kier alpha value is -2.31. The Kier molecular flexibility index (Phi) is 5.42. The largest absolute Gasteiger partial charge is 0.350 e. The number of hydrogen-bond donors (Lipinski definition) is 3. The van der Waals surface area contributed by atoms with Crippen LogP contribution in [-0.4, -0.2) is 26.6 Å². The number of nitrogens with zero attached hydrogens (tertiary/aromatic N) is 3. The van der Waals surface area contributed by atoms with Crippen LogP contribution in [-0.2, 0) is 0 Å². The summed E-state index contributed by atoms with van der Waals surface area (Å²) in [7, 11) is 0. The molecule has 1 aliphatic rings. The molecule has 6 nitrogen and oxygen atoms in total. The van der Waals surface area contributed by atoms with Gasteiger partial charge in [-0.25, -0.2) is 0 Å². The van der Waals surface area contributed by atoms with Gasteiger partial charge in [-0.3, -0.25) is 0 Å². The molecule has 1 saturated carbocycles. The number of benzene rings is 1. The fourth-order valence-corrected chi connectivity index (χ4v) is 4.01. The molecule has 28 heavy (non-hydrogen) atoms. The predicted octanol–water partition coefficient (Wildman–Crippen LogP) is 5.09. The second-order valence-corrected chi connectivity index (χ2v) is 8.22. The summed E-state index contributed by atoms with van der Waals surface area (Å²) in [4.78, 5) is 9.61. The predicted molar refractivity (Wildman–Crippen MR) is 117 cm³/mol. The van der Waals surface area contributed by atoms with Crippen molar-refractivity contribution in [2.24, 2.45) is 5.73 Å². The summed E-state index contributed by atoms with van der Waals surface area (Å²) in [5.41, 5.74) is 8.12. The van der Waals surface area contributed by atoms with Gasteiger partial charge in [-0.05, 0) is 51.0 Å². The highest BCUT2D eigenvalue weighted by atomic mass is 35.5. The minimum Gasteiger partial charge on any atom is -0.350 e. The molecule has 2 aromatic heterocycles. The van der Waals surface area contributed by atoms with Gasteiger partial charge in [0, 0.05) is 35.0 Å². The average Bonchev–Trinajstić information content (AvgIpc) is 3.08. The van der Waals surface area contributed by atoms with E-state index in [1.54, 1.807) is 0 Å². The maximum atomic E-state index is 6.32. The van der Waals surface area contributed by atoms with E-state index in [0.717, 1.165) is 35.4 Å². The number of halogens is 1. The Labute approximate surface area is 170 Å². The van der Waals surface area contributed by atoms with Crippen LogP contribution in [0.5, 0.6) is 0 Å². The average molecular weight is 399 g/mol. The van der Waals surface area contributed by atoms with Gasteiger partial charge in [-0.15, -0.1) is 0 Å². The first kappa shape index (κ1) is 19.0. The standard InChI is InChI=1S/C21H27ClN6/c1-13(2)28-11-10-16-19(24-15-7-5-6-14(22)12-15)26-21(27-20(16)28)25-18-9-4-3-8-17(18)23/h5-7,10-13,17-18H,3-4,8-9,23H2,1-2H3,(H2,24,25,26,27). The SMILES string of the molecule is CC(C)n1ccc2c(Nc3cccc(Cl)c3)nc(NC3CCCCC3N)nc21. The minimum absolute atomic E-state index is 0.134. The highest BCUT2D eigenvalue weighted by Crippen LogP contribution is 2.29. The molecular formula is C21H27ClN6. The van der Waals surface area contributed by atoms with Crippen molar-refractivity contribution in [3.8, 4) is 0 Å². The highest BCUT2D eigenvalue weighted by molar-refractivity contribution is 6.30. The summed E-state index contributed by atoms with van der Waals surface area (Å²) in [6, 6.07) is 10.3. The van der Waals surface area contributed by atoms with Crippen molar-refractivity contribution in [3.05, 3.63) is 41.6 Å². The van der Waals surface area contributed by atoms with E-state index in [1.165, 1.54) is 12.8 Å². The molecule has 2 unspecified atom stereocenters. The van der Waals surface area contributed by atoms with Gasteiger partial charge >= 0.3 is 0 Å². The van der Waals surface area contributed by atoms with Crippen LogP contribution < -0.4 is 16.4 Å². The second-order valence-electron chi connectivity index (χ2n) is 7.78. The summed E-state index contributed by atoms with van der Waals surface area (Å²) in [6.45, 7) is 4.30. The van der Waals surface area contributed by atoms with Gasteiger partial charge in [0.05, 0.1) is 5.39 Å². The molecule has 7 heteroatoms. The molecule has 0 aliphatic heterocycles. The molecule has 3 aromatic rings. The molecule has 1 fully saturated rings. The van der Waals surface area contributed by atoms with E-state index in [9.17, 15) is 0 Å². The Balaban J connectivity index is 1.74. The van der Waals surface area contributed by atoms with E-state index in [-0.39, 0.29) is 12.1 Å². The van der Waals surface area contributed by atoms with Crippen LogP contribution >= 0.6 is 11.6 Å². The first-order chi connectivity index (χ1) is 13.5. The van der Waals surface area contributed by atoms with Crippen LogP contribution in [0, 0.1) is 0 Å². The van der Waals surface area contributed by atoms with Crippen LogP contribution in [0.4, 0.5) is 17.5 Å². The number of aromatic nitrogens is 3. The van der Waals surface area contributed by atoms with Crippen molar-refractivity contribution < 1.29 is 0 Å². The van der Waals surface area contributed by atoms with Crippen LogP contribution in [0.25, 0.3) is 11.0 Å². The molecule has 2 heterocycles. The van der Waals surface area contributed by atoms with Gasteiger partial charge in [0.1, 0.15) is 11.5 Å². The molecule has 0 amide bonds. The number of anilines is 3. The van der Waals surface area contributed by atoms with Gasteiger partial charge in [0.15, 0.2) is 0 Å². The third-order valence-electron chi connectivity index (χ3n) is 5.35.